The number of carbonyl (C=O) groups excluding carboxylic acids is 1. The molecule has 0 radical (unpaired) electrons. The second-order valence-electron chi connectivity index (χ2n) is 6.24. The van der Waals surface area contributed by atoms with Crippen molar-refractivity contribution in [3.63, 3.8) is 0 Å². The summed E-state index contributed by atoms with van der Waals surface area (Å²) >= 11 is 0. The summed E-state index contributed by atoms with van der Waals surface area (Å²) < 4.78 is 17.0. The SMILES string of the molecule is CNC(=O)c1cc(Oc2ccc3nc(NC4CCOCC4)oc3c2)ccn1. The third-order valence-corrected chi connectivity index (χ3v) is 4.34. The van der Waals surface area contributed by atoms with Crippen LogP contribution in [0.4, 0.5) is 6.01 Å². The number of anilines is 1. The number of oxazole rings is 1. The van der Waals surface area contributed by atoms with Crippen LogP contribution < -0.4 is 15.4 Å². The van der Waals surface area contributed by atoms with Crippen LogP contribution >= 0.6 is 0 Å². The Labute approximate surface area is 155 Å². The lowest BCUT2D eigenvalue weighted by Crippen LogP contribution is -2.27. The summed E-state index contributed by atoms with van der Waals surface area (Å²) in [5.74, 6) is 0.836. The van der Waals surface area contributed by atoms with Crippen LogP contribution in [0, 0.1) is 0 Å². The third kappa shape index (κ3) is 4.01. The zero-order chi connectivity index (χ0) is 18.6. The molecule has 27 heavy (non-hydrogen) atoms. The van der Waals surface area contributed by atoms with Crippen LogP contribution in [-0.4, -0.2) is 42.2 Å². The van der Waals surface area contributed by atoms with Gasteiger partial charge in [0.05, 0.1) is 0 Å². The van der Waals surface area contributed by atoms with Crippen LogP contribution in [0.1, 0.15) is 23.3 Å². The van der Waals surface area contributed by atoms with Crippen molar-refractivity contribution in [2.24, 2.45) is 0 Å². The summed E-state index contributed by atoms with van der Waals surface area (Å²) in [6.07, 6.45) is 3.40. The van der Waals surface area contributed by atoms with E-state index >= 15 is 0 Å². The van der Waals surface area contributed by atoms with Gasteiger partial charge in [0.25, 0.3) is 11.9 Å². The van der Waals surface area contributed by atoms with Crippen LogP contribution in [0.3, 0.4) is 0 Å². The number of ether oxygens (including phenoxy) is 2. The van der Waals surface area contributed by atoms with E-state index in [4.69, 9.17) is 13.9 Å². The van der Waals surface area contributed by atoms with Crippen molar-refractivity contribution in [1.82, 2.24) is 15.3 Å². The predicted octanol–water partition coefficient (Wildman–Crippen LogP) is 2.97. The molecule has 8 heteroatoms. The van der Waals surface area contributed by atoms with E-state index in [1.807, 2.05) is 12.1 Å². The molecule has 1 aromatic carbocycles. The van der Waals surface area contributed by atoms with Gasteiger partial charge in [0, 0.05) is 44.6 Å². The van der Waals surface area contributed by atoms with Gasteiger partial charge in [-0.25, -0.2) is 0 Å². The van der Waals surface area contributed by atoms with Gasteiger partial charge in [-0.1, -0.05) is 0 Å². The molecule has 3 aromatic rings. The van der Waals surface area contributed by atoms with Crippen LogP contribution in [0.5, 0.6) is 11.5 Å². The Morgan fingerprint density at radius 1 is 1.19 bits per heavy atom. The van der Waals surface area contributed by atoms with Gasteiger partial charge in [-0.3, -0.25) is 9.78 Å². The second-order valence-corrected chi connectivity index (χ2v) is 6.24. The summed E-state index contributed by atoms with van der Waals surface area (Å²) in [6.45, 7) is 1.50. The monoisotopic (exact) mass is 368 g/mol. The van der Waals surface area contributed by atoms with E-state index in [9.17, 15) is 4.79 Å². The lowest BCUT2D eigenvalue weighted by Gasteiger charge is -2.21. The van der Waals surface area contributed by atoms with Gasteiger partial charge in [-0.15, -0.1) is 0 Å². The molecule has 1 fully saturated rings. The molecule has 1 aliphatic heterocycles. The number of fused-ring (bicyclic) bond motifs is 1. The number of benzene rings is 1. The van der Waals surface area contributed by atoms with Gasteiger partial charge in [0.2, 0.25) is 0 Å². The van der Waals surface area contributed by atoms with E-state index in [0.717, 1.165) is 31.6 Å². The van der Waals surface area contributed by atoms with Gasteiger partial charge in [0.15, 0.2) is 5.58 Å². The molecule has 2 aromatic heterocycles. The Kier molecular flexibility index (Phi) is 4.88. The number of nitrogens with one attached hydrogen (secondary N) is 2. The molecule has 0 bridgehead atoms. The maximum Gasteiger partial charge on any atom is 0.295 e. The number of amides is 1. The van der Waals surface area contributed by atoms with Crippen LogP contribution in [0.25, 0.3) is 11.1 Å². The standard InChI is InChI=1S/C19H20N4O4/c1-20-18(24)16-10-14(4-7-21-16)26-13-2-3-15-17(11-13)27-19(23-15)22-12-5-8-25-9-6-12/h2-4,7,10-12H,5-6,8-9H2,1H3,(H,20,24)(H,22,23). The minimum atomic E-state index is -0.269. The second kappa shape index (κ2) is 7.63. The molecule has 8 nitrogen and oxygen atoms in total. The molecule has 3 heterocycles. The fourth-order valence-electron chi connectivity index (χ4n) is 2.91. The average molecular weight is 368 g/mol. The zero-order valence-electron chi connectivity index (χ0n) is 14.9. The number of hydrogen-bond acceptors (Lipinski definition) is 7. The number of nitrogens with zero attached hydrogens (tertiary/aromatic N) is 2. The number of rotatable bonds is 5. The molecule has 4 rings (SSSR count). The first-order valence-corrected chi connectivity index (χ1v) is 8.82. The van der Waals surface area contributed by atoms with E-state index in [1.165, 1.54) is 6.20 Å². The highest BCUT2D eigenvalue weighted by Crippen LogP contribution is 2.28. The van der Waals surface area contributed by atoms with Crippen molar-refractivity contribution < 1.29 is 18.7 Å². The summed E-state index contributed by atoms with van der Waals surface area (Å²) in [6, 6.07) is 9.50. The molecule has 1 aliphatic rings. The first kappa shape index (κ1) is 17.3. The molecule has 0 saturated carbocycles. The van der Waals surface area contributed by atoms with Crippen molar-refractivity contribution in [3.05, 3.63) is 42.2 Å². The van der Waals surface area contributed by atoms with Crippen molar-refractivity contribution in [3.8, 4) is 11.5 Å². The van der Waals surface area contributed by atoms with E-state index in [1.54, 1.807) is 25.2 Å². The number of pyridine rings is 1. The topological polar surface area (TPSA) is 98.5 Å². The predicted molar refractivity (Wildman–Crippen MR) is 99.2 cm³/mol. The summed E-state index contributed by atoms with van der Waals surface area (Å²) in [4.78, 5) is 20.2. The summed E-state index contributed by atoms with van der Waals surface area (Å²) in [5, 5.41) is 5.85. The maximum absolute atomic E-state index is 11.7. The molecule has 0 unspecified atom stereocenters. The first-order chi connectivity index (χ1) is 13.2. The Morgan fingerprint density at radius 2 is 2.00 bits per heavy atom. The molecule has 0 aliphatic carbocycles. The molecule has 1 amide bonds. The van der Waals surface area contributed by atoms with Crippen LogP contribution in [0.15, 0.2) is 40.9 Å². The highest BCUT2D eigenvalue weighted by molar-refractivity contribution is 5.92. The smallest absolute Gasteiger partial charge is 0.295 e. The number of aromatic nitrogens is 2. The lowest BCUT2D eigenvalue weighted by molar-refractivity contribution is 0.0900. The summed E-state index contributed by atoms with van der Waals surface area (Å²) in [7, 11) is 1.56. The molecule has 1 saturated heterocycles. The van der Waals surface area contributed by atoms with E-state index in [0.29, 0.717) is 34.8 Å². The first-order valence-electron chi connectivity index (χ1n) is 8.82. The quantitative estimate of drug-likeness (QED) is 0.714. The molecule has 2 N–H and O–H groups in total. The Balaban J connectivity index is 1.50. The normalized spacial score (nSPS) is 14.9. The van der Waals surface area contributed by atoms with Gasteiger partial charge in [-0.05, 0) is 31.0 Å². The zero-order valence-corrected chi connectivity index (χ0v) is 14.9. The third-order valence-electron chi connectivity index (χ3n) is 4.34. The van der Waals surface area contributed by atoms with Gasteiger partial charge in [-0.2, -0.15) is 4.98 Å². The van der Waals surface area contributed by atoms with E-state index in [2.05, 4.69) is 20.6 Å². The van der Waals surface area contributed by atoms with Gasteiger partial charge >= 0.3 is 0 Å². The molecule has 0 atom stereocenters. The average Bonchev–Trinajstić information content (AvgIpc) is 3.10. The number of carbonyl (C=O) groups is 1. The molecular formula is C19H20N4O4. The Hall–Kier alpha value is -3.13. The van der Waals surface area contributed by atoms with Crippen LogP contribution in [0.2, 0.25) is 0 Å². The highest BCUT2D eigenvalue weighted by atomic mass is 16.5. The maximum atomic E-state index is 11.7. The van der Waals surface area contributed by atoms with Crippen molar-refractivity contribution in [2.45, 2.75) is 18.9 Å². The van der Waals surface area contributed by atoms with E-state index < -0.39 is 0 Å². The molecule has 0 spiro atoms. The minimum Gasteiger partial charge on any atom is -0.457 e. The summed E-state index contributed by atoms with van der Waals surface area (Å²) in [5.41, 5.74) is 1.67. The molecule has 140 valence electrons. The molecular weight excluding hydrogens is 348 g/mol. The number of hydrogen-bond donors (Lipinski definition) is 2. The minimum absolute atomic E-state index is 0.269. The van der Waals surface area contributed by atoms with Crippen LogP contribution in [-0.2, 0) is 4.74 Å². The van der Waals surface area contributed by atoms with E-state index in [-0.39, 0.29) is 5.91 Å². The fraction of sp³-hybridized carbons (Fsp3) is 0.316. The largest absolute Gasteiger partial charge is 0.457 e. The van der Waals surface area contributed by atoms with Crippen molar-refractivity contribution in [1.29, 1.82) is 0 Å². The van der Waals surface area contributed by atoms with Gasteiger partial charge < -0.3 is 24.5 Å². The van der Waals surface area contributed by atoms with Gasteiger partial charge in [0.1, 0.15) is 22.7 Å². The highest BCUT2D eigenvalue weighted by Gasteiger charge is 2.16. The van der Waals surface area contributed by atoms with Crippen molar-refractivity contribution >= 4 is 23.0 Å². The van der Waals surface area contributed by atoms with Crippen molar-refractivity contribution in [2.75, 3.05) is 25.6 Å². The Morgan fingerprint density at radius 3 is 2.81 bits per heavy atom. The Bertz CT molecular complexity index is 950. The fourth-order valence-corrected chi connectivity index (χ4v) is 2.91. The lowest BCUT2D eigenvalue weighted by atomic mass is 10.1.